The molecule has 0 fully saturated rings. The second-order valence-electron chi connectivity index (χ2n) is 5.03. The number of nitrogens with two attached hydrogens (primary N) is 1. The van der Waals surface area contributed by atoms with E-state index >= 15 is 0 Å². The van der Waals surface area contributed by atoms with E-state index in [0.717, 1.165) is 32.1 Å². The predicted octanol–water partition coefficient (Wildman–Crippen LogP) is 2.00. The molecule has 0 heterocycles. The maximum Gasteiger partial charge on any atom is 0.240 e. The van der Waals surface area contributed by atoms with Crippen LogP contribution in [0.1, 0.15) is 36.8 Å². The summed E-state index contributed by atoms with van der Waals surface area (Å²) >= 11 is 0. The van der Waals surface area contributed by atoms with Crippen LogP contribution in [0.5, 0.6) is 0 Å². The van der Waals surface area contributed by atoms with Gasteiger partial charge in [0, 0.05) is 6.54 Å². The van der Waals surface area contributed by atoms with Crippen LogP contribution in [-0.4, -0.2) is 21.5 Å². The molecule has 1 aliphatic rings. The zero-order valence-electron chi connectivity index (χ0n) is 11.6. The Bertz CT molecular complexity index is 532. The molecule has 4 nitrogen and oxygen atoms in total. The molecule has 0 aliphatic heterocycles. The van der Waals surface area contributed by atoms with Crippen LogP contribution in [0.25, 0.3) is 0 Å². The summed E-state index contributed by atoms with van der Waals surface area (Å²) in [6, 6.07) is 5.51. The fraction of sp³-hybridized carbons (Fsp3) is 0.571. The van der Waals surface area contributed by atoms with E-state index in [-0.39, 0.29) is 12.4 Å². The summed E-state index contributed by atoms with van der Waals surface area (Å²) in [5.74, 6) is 0. The Kier molecular flexibility index (Phi) is 6.95. The lowest BCUT2D eigenvalue weighted by Crippen LogP contribution is -2.25. The maximum atomic E-state index is 12.1. The zero-order valence-corrected chi connectivity index (χ0v) is 13.2. The van der Waals surface area contributed by atoms with E-state index in [4.69, 9.17) is 5.73 Å². The quantitative estimate of drug-likeness (QED) is 0.788. The van der Waals surface area contributed by atoms with Gasteiger partial charge in [-0.2, -0.15) is 0 Å². The van der Waals surface area contributed by atoms with Crippen molar-refractivity contribution < 1.29 is 8.42 Å². The molecule has 0 spiro atoms. The Morgan fingerprint density at radius 3 is 2.50 bits per heavy atom. The van der Waals surface area contributed by atoms with E-state index in [9.17, 15) is 8.42 Å². The van der Waals surface area contributed by atoms with Gasteiger partial charge < -0.3 is 5.73 Å². The minimum absolute atomic E-state index is 0. The smallest absolute Gasteiger partial charge is 0.240 e. The largest absolute Gasteiger partial charge is 0.330 e. The Morgan fingerprint density at radius 2 is 1.80 bits per heavy atom. The summed E-state index contributed by atoms with van der Waals surface area (Å²) in [5, 5.41) is 0. The molecule has 1 aliphatic carbocycles. The van der Waals surface area contributed by atoms with Gasteiger partial charge in [-0.05, 0) is 68.3 Å². The molecule has 20 heavy (non-hydrogen) atoms. The van der Waals surface area contributed by atoms with Gasteiger partial charge in [-0.1, -0.05) is 6.07 Å². The number of sulfonamides is 1. The van der Waals surface area contributed by atoms with Crippen molar-refractivity contribution in [2.45, 2.75) is 43.4 Å². The van der Waals surface area contributed by atoms with Crippen LogP contribution in [0.4, 0.5) is 0 Å². The lowest BCUT2D eigenvalue weighted by molar-refractivity contribution is 0.576. The number of fused-ring (bicyclic) bond motifs is 1. The molecule has 2 rings (SSSR count). The van der Waals surface area contributed by atoms with Gasteiger partial charge in [0.15, 0.2) is 0 Å². The van der Waals surface area contributed by atoms with Crippen LogP contribution in [0, 0.1) is 0 Å². The highest BCUT2D eigenvalue weighted by molar-refractivity contribution is 7.89. The van der Waals surface area contributed by atoms with Crippen LogP contribution >= 0.6 is 12.4 Å². The molecule has 0 aromatic heterocycles. The lowest BCUT2D eigenvalue weighted by atomic mass is 9.92. The summed E-state index contributed by atoms with van der Waals surface area (Å²) in [6.45, 7) is 1.05. The molecule has 1 aromatic rings. The minimum atomic E-state index is -3.37. The first-order valence-corrected chi connectivity index (χ1v) is 8.43. The Labute approximate surface area is 127 Å². The number of unbranched alkanes of at least 4 members (excludes halogenated alkanes) is 1. The average molecular weight is 319 g/mol. The number of benzene rings is 1. The third-order valence-corrected chi connectivity index (χ3v) is 5.01. The van der Waals surface area contributed by atoms with Crippen molar-refractivity contribution in [3.8, 4) is 0 Å². The number of hydrogen-bond donors (Lipinski definition) is 2. The van der Waals surface area contributed by atoms with Crippen LogP contribution in [-0.2, 0) is 22.9 Å². The highest BCUT2D eigenvalue weighted by Crippen LogP contribution is 2.23. The van der Waals surface area contributed by atoms with Crippen LogP contribution in [0.2, 0.25) is 0 Å². The number of halogens is 1. The van der Waals surface area contributed by atoms with Crippen molar-refractivity contribution >= 4 is 22.4 Å². The number of aryl methyl sites for hydroxylation is 2. The third-order valence-electron chi connectivity index (χ3n) is 3.55. The van der Waals surface area contributed by atoms with E-state index in [1.54, 1.807) is 6.07 Å². The monoisotopic (exact) mass is 318 g/mol. The van der Waals surface area contributed by atoms with E-state index < -0.39 is 10.0 Å². The molecule has 0 unspecified atom stereocenters. The Balaban J connectivity index is 0.00000200. The SMILES string of the molecule is Cl.NCCCCNS(=O)(=O)c1ccc2c(c1)CCCC2. The van der Waals surface area contributed by atoms with Crippen LogP contribution in [0.3, 0.4) is 0 Å². The van der Waals surface area contributed by atoms with E-state index in [1.807, 2.05) is 12.1 Å². The molecule has 1 aromatic carbocycles. The standard InChI is InChI=1S/C14H22N2O2S.ClH/c15-9-3-4-10-16-19(17,18)14-8-7-12-5-1-2-6-13(12)11-14;/h7-8,11,16H,1-6,9-10,15H2;1H. The first-order valence-electron chi connectivity index (χ1n) is 6.95. The molecule has 0 radical (unpaired) electrons. The van der Waals surface area contributed by atoms with Crippen molar-refractivity contribution in [2.75, 3.05) is 13.1 Å². The highest BCUT2D eigenvalue weighted by atomic mass is 35.5. The van der Waals surface area contributed by atoms with E-state index in [0.29, 0.717) is 18.0 Å². The van der Waals surface area contributed by atoms with Gasteiger partial charge in [0.25, 0.3) is 0 Å². The summed E-state index contributed by atoms with van der Waals surface area (Å²) in [7, 11) is -3.37. The van der Waals surface area contributed by atoms with Crippen LogP contribution in [0.15, 0.2) is 23.1 Å². The maximum absolute atomic E-state index is 12.1. The molecule has 0 saturated carbocycles. The van der Waals surface area contributed by atoms with Gasteiger partial charge >= 0.3 is 0 Å². The highest BCUT2D eigenvalue weighted by Gasteiger charge is 2.16. The fourth-order valence-electron chi connectivity index (χ4n) is 2.44. The number of nitrogens with one attached hydrogen (secondary N) is 1. The first kappa shape index (κ1) is 17.4. The molecule has 0 amide bonds. The summed E-state index contributed by atoms with van der Waals surface area (Å²) in [4.78, 5) is 0.390. The minimum Gasteiger partial charge on any atom is -0.330 e. The van der Waals surface area contributed by atoms with Gasteiger partial charge in [0.1, 0.15) is 0 Å². The first-order chi connectivity index (χ1) is 9.13. The van der Waals surface area contributed by atoms with Crippen molar-refractivity contribution in [2.24, 2.45) is 5.73 Å². The lowest BCUT2D eigenvalue weighted by Gasteiger charge is -2.16. The molecule has 6 heteroatoms. The Hall–Kier alpha value is -0.620. The molecular formula is C14H23ClN2O2S. The summed E-state index contributed by atoms with van der Waals surface area (Å²) in [5.41, 5.74) is 7.88. The summed E-state index contributed by atoms with van der Waals surface area (Å²) < 4.78 is 26.9. The molecular weight excluding hydrogens is 296 g/mol. The number of rotatable bonds is 6. The van der Waals surface area contributed by atoms with E-state index in [2.05, 4.69) is 4.72 Å². The molecule has 0 atom stereocenters. The Morgan fingerprint density at radius 1 is 1.10 bits per heavy atom. The third kappa shape index (κ3) is 4.45. The van der Waals surface area contributed by atoms with Gasteiger partial charge in [-0.3, -0.25) is 0 Å². The molecule has 0 saturated heterocycles. The zero-order chi connectivity index (χ0) is 13.7. The van der Waals surface area contributed by atoms with Crippen molar-refractivity contribution in [1.82, 2.24) is 4.72 Å². The molecule has 0 bridgehead atoms. The van der Waals surface area contributed by atoms with Crippen molar-refractivity contribution in [1.29, 1.82) is 0 Å². The van der Waals surface area contributed by atoms with Gasteiger partial charge in [-0.15, -0.1) is 12.4 Å². The van der Waals surface area contributed by atoms with Crippen molar-refractivity contribution in [3.63, 3.8) is 0 Å². The van der Waals surface area contributed by atoms with Crippen molar-refractivity contribution in [3.05, 3.63) is 29.3 Å². The van der Waals surface area contributed by atoms with Gasteiger partial charge in [-0.25, -0.2) is 13.1 Å². The predicted molar refractivity (Wildman–Crippen MR) is 83.8 cm³/mol. The average Bonchev–Trinajstić information content (AvgIpc) is 2.43. The molecule has 3 N–H and O–H groups in total. The second-order valence-corrected chi connectivity index (χ2v) is 6.80. The normalized spacial score (nSPS) is 14.4. The molecule has 114 valence electrons. The van der Waals surface area contributed by atoms with Gasteiger partial charge in [0.05, 0.1) is 4.90 Å². The summed E-state index contributed by atoms with van der Waals surface area (Å²) in [6.07, 6.45) is 6.04. The topological polar surface area (TPSA) is 72.2 Å². The fourth-order valence-corrected chi connectivity index (χ4v) is 3.56. The van der Waals surface area contributed by atoms with E-state index in [1.165, 1.54) is 17.5 Å². The number of hydrogen-bond acceptors (Lipinski definition) is 3. The second kappa shape index (κ2) is 7.98. The van der Waals surface area contributed by atoms with Gasteiger partial charge in [0.2, 0.25) is 10.0 Å². The van der Waals surface area contributed by atoms with Crippen LogP contribution < -0.4 is 10.5 Å².